The number of nitrogens with one attached hydrogen (secondary N) is 1. The molecule has 0 bridgehead atoms. The smallest absolute Gasteiger partial charge is 0.150 e. The van der Waals surface area contributed by atoms with Gasteiger partial charge in [-0.3, -0.25) is 0 Å². The van der Waals surface area contributed by atoms with Crippen LogP contribution in [0.15, 0.2) is 30.3 Å². The molecule has 2 aromatic rings. The molecule has 2 aromatic carbocycles. The summed E-state index contributed by atoms with van der Waals surface area (Å²) in [6, 6.07) is 8.85. The maximum absolute atomic E-state index is 13.4. The van der Waals surface area contributed by atoms with Gasteiger partial charge < -0.3 is 14.8 Å². The Kier molecular flexibility index (Phi) is 4.95. The van der Waals surface area contributed by atoms with Crippen LogP contribution in [0.5, 0.6) is 11.5 Å². The maximum atomic E-state index is 13.4. The highest BCUT2D eigenvalue weighted by Gasteiger charge is 2.21. The number of hydrogen-bond donors (Lipinski definition) is 1. The van der Waals surface area contributed by atoms with Crippen LogP contribution in [-0.2, 0) is 10.3 Å². The molecule has 0 aliphatic rings. The van der Waals surface area contributed by atoms with Crippen molar-refractivity contribution in [3.8, 4) is 11.5 Å². The van der Waals surface area contributed by atoms with Crippen LogP contribution in [-0.4, -0.2) is 14.2 Å². The van der Waals surface area contributed by atoms with Gasteiger partial charge in [0.15, 0.2) is 5.75 Å². The van der Waals surface area contributed by atoms with Crippen molar-refractivity contribution < 1.29 is 13.9 Å². The summed E-state index contributed by atoms with van der Waals surface area (Å²) in [5.74, 6) is 1.13. The van der Waals surface area contributed by atoms with Crippen molar-refractivity contribution in [2.24, 2.45) is 0 Å². The first kappa shape index (κ1) is 17.3. The number of hydrogen-bond acceptors (Lipinski definition) is 3. The summed E-state index contributed by atoms with van der Waals surface area (Å²) in [6.45, 7) is 7.70. The van der Waals surface area contributed by atoms with Crippen molar-refractivity contribution in [1.82, 2.24) is 0 Å². The second kappa shape index (κ2) is 6.59. The second-order valence-electron chi connectivity index (χ2n) is 6.15. The molecule has 124 valence electrons. The number of halogens is 1. The molecule has 23 heavy (non-hydrogen) atoms. The molecule has 0 fully saturated rings. The van der Waals surface area contributed by atoms with Crippen molar-refractivity contribution in [3.05, 3.63) is 52.8 Å². The molecule has 0 aliphatic heterocycles. The van der Waals surface area contributed by atoms with E-state index in [1.54, 1.807) is 7.11 Å². The molecule has 0 saturated carbocycles. The largest absolute Gasteiger partial charge is 0.455 e. The third kappa shape index (κ3) is 3.64. The lowest BCUT2D eigenvalue weighted by Gasteiger charge is -2.25. The first-order chi connectivity index (χ1) is 10.8. The highest BCUT2D eigenvalue weighted by atomic mass is 19.1. The van der Waals surface area contributed by atoms with Crippen LogP contribution < -0.4 is 10.1 Å². The Bertz CT molecular complexity index is 688. The van der Waals surface area contributed by atoms with E-state index in [1.165, 1.54) is 12.1 Å². The lowest BCUT2D eigenvalue weighted by Crippen LogP contribution is -2.19. The quantitative estimate of drug-likeness (QED) is 0.826. The zero-order valence-electron chi connectivity index (χ0n) is 14.6. The van der Waals surface area contributed by atoms with Gasteiger partial charge in [0.25, 0.3) is 0 Å². The Labute approximate surface area is 137 Å². The first-order valence-corrected chi connectivity index (χ1v) is 7.60. The van der Waals surface area contributed by atoms with Crippen LogP contribution in [0.25, 0.3) is 0 Å². The van der Waals surface area contributed by atoms with Gasteiger partial charge in [0.1, 0.15) is 11.6 Å². The molecule has 0 heterocycles. The van der Waals surface area contributed by atoms with Crippen LogP contribution in [0.2, 0.25) is 0 Å². The zero-order chi connectivity index (χ0) is 17.2. The normalized spacial score (nSPS) is 11.4. The molecule has 1 N–H and O–H groups in total. The van der Waals surface area contributed by atoms with E-state index in [-0.39, 0.29) is 11.4 Å². The molecule has 0 unspecified atom stereocenters. The van der Waals surface area contributed by atoms with Gasteiger partial charge in [0.2, 0.25) is 0 Å². The average molecular weight is 317 g/mol. The van der Waals surface area contributed by atoms with E-state index >= 15 is 0 Å². The lowest BCUT2D eigenvalue weighted by molar-refractivity contribution is 0.0192. The Balaban J connectivity index is 2.42. The Morgan fingerprint density at radius 1 is 1.04 bits per heavy atom. The lowest BCUT2D eigenvalue weighted by atomic mass is 9.97. The minimum Gasteiger partial charge on any atom is -0.455 e. The van der Waals surface area contributed by atoms with E-state index in [1.807, 2.05) is 52.9 Å². The summed E-state index contributed by atoms with van der Waals surface area (Å²) < 4.78 is 25.0. The fourth-order valence-electron chi connectivity index (χ4n) is 2.48. The van der Waals surface area contributed by atoms with Gasteiger partial charge in [-0.05, 0) is 68.7 Å². The third-order valence-electron chi connectivity index (χ3n) is 4.09. The summed E-state index contributed by atoms with van der Waals surface area (Å²) in [5.41, 5.74) is 3.06. The van der Waals surface area contributed by atoms with E-state index in [4.69, 9.17) is 9.47 Å². The number of methoxy groups -OCH3 is 1. The Morgan fingerprint density at radius 2 is 1.65 bits per heavy atom. The SMILES string of the molecule is CNc1cc(C(C)(C)OC)ccc1Oc1c(C)cc(F)cc1C. The fourth-order valence-corrected chi connectivity index (χ4v) is 2.48. The van der Waals surface area contributed by atoms with E-state index < -0.39 is 0 Å². The van der Waals surface area contributed by atoms with Crippen LogP contribution in [0, 0.1) is 19.7 Å². The average Bonchev–Trinajstić information content (AvgIpc) is 2.50. The summed E-state index contributed by atoms with van der Waals surface area (Å²) in [5, 5.41) is 3.15. The predicted octanol–water partition coefficient (Wildman–Crippen LogP) is 5.16. The molecular weight excluding hydrogens is 293 g/mol. The third-order valence-corrected chi connectivity index (χ3v) is 4.09. The Hall–Kier alpha value is -2.07. The predicted molar refractivity (Wildman–Crippen MR) is 92.0 cm³/mol. The number of benzene rings is 2. The van der Waals surface area contributed by atoms with Gasteiger partial charge in [0.05, 0.1) is 11.3 Å². The molecule has 3 nitrogen and oxygen atoms in total. The molecule has 0 amide bonds. The van der Waals surface area contributed by atoms with E-state index in [0.29, 0.717) is 11.5 Å². The Morgan fingerprint density at radius 3 is 2.17 bits per heavy atom. The number of aryl methyl sites for hydroxylation is 2. The zero-order valence-corrected chi connectivity index (χ0v) is 14.6. The summed E-state index contributed by atoms with van der Waals surface area (Å²) in [4.78, 5) is 0. The molecule has 0 saturated heterocycles. The monoisotopic (exact) mass is 317 g/mol. The van der Waals surface area contributed by atoms with E-state index in [9.17, 15) is 4.39 Å². The molecule has 0 aromatic heterocycles. The van der Waals surface area contributed by atoms with Crippen LogP contribution in [0.4, 0.5) is 10.1 Å². The van der Waals surface area contributed by atoms with Crippen molar-refractivity contribution >= 4 is 5.69 Å². The van der Waals surface area contributed by atoms with E-state index in [2.05, 4.69) is 5.32 Å². The summed E-state index contributed by atoms with van der Waals surface area (Å²) in [6.07, 6.45) is 0. The minimum atomic E-state index is -0.383. The van der Waals surface area contributed by atoms with Crippen LogP contribution in [0.3, 0.4) is 0 Å². The fraction of sp³-hybridized carbons (Fsp3) is 0.368. The van der Waals surface area contributed by atoms with Gasteiger partial charge in [-0.25, -0.2) is 4.39 Å². The summed E-state index contributed by atoms with van der Waals surface area (Å²) >= 11 is 0. The first-order valence-electron chi connectivity index (χ1n) is 7.60. The van der Waals surface area contributed by atoms with E-state index in [0.717, 1.165) is 22.4 Å². The molecule has 0 atom stereocenters. The van der Waals surface area contributed by atoms with Crippen molar-refractivity contribution in [3.63, 3.8) is 0 Å². The number of rotatable bonds is 5. The van der Waals surface area contributed by atoms with Crippen LogP contribution in [0.1, 0.15) is 30.5 Å². The highest BCUT2D eigenvalue weighted by molar-refractivity contribution is 5.60. The van der Waals surface area contributed by atoms with Crippen molar-refractivity contribution in [2.75, 3.05) is 19.5 Å². The van der Waals surface area contributed by atoms with Gasteiger partial charge in [-0.2, -0.15) is 0 Å². The standard InChI is InChI=1S/C19H24FNO2/c1-12-9-15(20)10-13(2)18(12)23-17-8-7-14(11-16(17)21-5)19(3,4)22-6/h7-11,21H,1-6H3. The number of anilines is 1. The molecule has 2 rings (SSSR count). The minimum absolute atomic E-state index is 0.251. The summed E-state index contributed by atoms with van der Waals surface area (Å²) in [7, 11) is 3.53. The van der Waals surface area contributed by atoms with Gasteiger partial charge in [0, 0.05) is 14.2 Å². The van der Waals surface area contributed by atoms with Crippen molar-refractivity contribution in [1.29, 1.82) is 0 Å². The molecule has 4 heteroatoms. The topological polar surface area (TPSA) is 30.5 Å². The maximum Gasteiger partial charge on any atom is 0.150 e. The molecule has 0 aliphatic carbocycles. The highest BCUT2D eigenvalue weighted by Crippen LogP contribution is 2.36. The molecule has 0 radical (unpaired) electrons. The van der Waals surface area contributed by atoms with Crippen LogP contribution >= 0.6 is 0 Å². The van der Waals surface area contributed by atoms with Gasteiger partial charge in [-0.15, -0.1) is 0 Å². The van der Waals surface area contributed by atoms with Crippen molar-refractivity contribution in [2.45, 2.75) is 33.3 Å². The van der Waals surface area contributed by atoms with Gasteiger partial charge in [-0.1, -0.05) is 6.07 Å². The number of ether oxygens (including phenoxy) is 2. The molecular formula is C19H24FNO2. The second-order valence-corrected chi connectivity index (χ2v) is 6.15. The van der Waals surface area contributed by atoms with Gasteiger partial charge >= 0.3 is 0 Å². The molecule has 0 spiro atoms.